The van der Waals surface area contributed by atoms with Gasteiger partial charge < -0.3 is 16.0 Å². The molecule has 5 heteroatoms. The van der Waals surface area contributed by atoms with Crippen molar-refractivity contribution in [2.24, 2.45) is 5.73 Å². The Bertz CT molecular complexity index is 624. The molecule has 0 bridgehead atoms. The predicted molar refractivity (Wildman–Crippen MR) is 92.8 cm³/mol. The van der Waals surface area contributed by atoms with E-state index in [1.54, 1.807) is 6.20 Å². The van der Waals surface area contributed by atoms with Gasteiger partial charge in [0.1, 0.15) is 0 Å². The molecule has 0 aliphatic heterocycles. The van der Waals surface area contributed by atoms with Crippen LogP contribution in [0.1, 0.15) is 25.1 Å². The van der Waals surface area contributed by atoms with Crippen molar-refractivity contribution in [3.8, 4) is 0 Å². The van der Waals surface area contributed by atoms with Crippen LogP contribution in [0.3, 0.4) is 0 Å². The Labute approximate surface area is 132 Å². The Morgan fingerprint density at radius 3 is 2.77 bits per heavy atom. The van der Waals surface area contributed by atoms with Gasteiger partial charge in [0, 0.05) is 18.8 Å². The highest BCUT2D eigenvalue weighted by Crippen LogP contribution is 2.21. The summed E-state index contributed by atoms with van der Waals surface area (Å²) in [7, 11) is 2.04. The molecule has 0 aliphatic carbocycles. The fourth-order valence-electron chi connectivity index (χ4n) is 2.20. The fraction of sp³-hybridized carbons (Fsp3) is 0.412. The zero-order chi connectivity index (χ0) is 16.1. The van der Waals surface area contributed by atoms with E-state index < -0.39 is 0 Å². The number of nitrogens with zero attached hydrogens (tertiary/aromatic N) is 3. The third kappa shape index (κ3) is 3.95. The minimum Gasteiger partial charge on any atom is -0.356 e. The maximum atomic E-state index is 5.61. The topological polar surface area (TPSA) is 67.1 Å². The second-order valence-electron chi connectivity index (χ2n) is 5.73. The maximum absolute atomic E-state index is 5.61. The number of anilines is 3. The van der Waals surface area contributed by atoms with E-state index in [9.17, 15) is 0 Å². The molecule has 1 heterocycles. The average molecular weight is 299 g/mol. The molecule has 1 aromatic heterocycles. The van der Waals surface area contributed by atoms with Crippen molar-refractivity contribution in [2.75, 3.05) is 23.8 Å². The molecule has 0 spiro atoms. The molecule has 1 aromatic carbocycles. The molecule has 0 aliphatic rings. The lowest BCUT2D eigenvalue weighted by molar-refractivity contribution is 0.737. The molecule has 0 fully saturated rings. The summed E-state index contributed by atoms with van der Waals surface area (Å²) in [5.74, 6) is 1.65. The summed E-state index contributed by atoms with van der Waals surface area (Å²) >= 11 is 0. The molecular formula is C17H25N5. The molecule has 0 saturated heterocycles. The van der Waals surface area contributed by atoms with E-state index in [1.165, 1.54) is 5.56 Å². The summed E-state index contributed by atoms with van der Waals surface area (Å²) in [6.45, 7) is 6.90. The highest BCUT2D eigenvalue weighted by Gasteiger charge is 2.11. The van der Waals surface area contributed by atoms with Crippen molar-refractivity contribution in [3.05, 3.63) is 41.7 Å². The SMILES string of the molecule is Cc1ncc(Nc2cccc(CCN)c2)nc1N(C)C(C)C. The fourth-order valence-corrected chi connectivity index (χ4v) is 2.20. The van der Waals surface area contributed by atoms with E-state index in [1.807, 2.05) is 26.1 Å². The van der Waals surface area contributed by atoms with Crippen LogP contribution in [0, 0.1) is 6.92 Å². The normalized spacial score (nSPS) is 10.8. The zero-order valence-electron chi connectivity index (χ0n) is 13.8. The van der Waals surface area contributed by atoms with Crippen LogP contribution in [0.25, 0.3) is 0 Å². The van der Waals surface area contributed by atoms with Crippen LogP contribution >= 0.6 is 0 Å². The van der Waals surface area contributed by atoms with Gasteiger partial charge in [-0.3, -0.25) is 4.98 Å². The van der Waals surface area contributed by atoms with E-state index in [0.29, 0.717) is 12.6 Å². The summed E-state index contributed by atoms with van der Waals surface area (Å²) in [6.07, 6.45) is 2.64. The minimum absolute atomic E-state index is 0.371. The Hall–Kier alpha value is -2.14. The Balaban J connectivity index is 2.23. The number of benzene rings is 1. The number of aromatic nitrogens is 2. The summed E-state index contributed by atoms with van der Waals surface area (Å²) < 4.78 is 0. The van der Waals surface area contributed by atoms with Crippen LogP contribution in [0.15, 0.2) is 30.5 Å². The molecule has 0 radical (unpaired) electrons. The maximum Gasteiger partial charge on any atom is 0.152 e. The van der Waals surface area contributed by atoms with Gasteiger partial charge >= 0.3 is 0 Å². The number of aryl methyl sites for hydroxylation is 1. The molecule has 3 N–H and O–H groups in total. The van der Waals surface area contributed by atoms with Crippen molar-refractivity contribution in [2.45, 2.75) is 33.2 Å². The first-order valence-corrected chi connectivity index (χ1v) is 7.63. The van der Waals surface area contributed by atoms with Gasteiger partial charge in [-0.2, -0.15) is 0 Å². The largest absolute Gasteiger partial charge is 0.356 e. The van der Waals surface area contributed by atoms with Gasteiger partial charge in [0.2, 0.25) is 0 Å². The summed E-state index contributed by atoms with van der Waals surface area (Å²) in [5.41, 5.74) is 8.76. The van der Waals surface area contributed by atoms with E-state index in [0.717, 1.165) is 29.4 Å². The smallest absolute Gasteiger partial charge is 0.152 e. The first-order chi connectivity index (χ1) is 10.5. The van der Waals surface area contributed by atoms with Crippen molar-refractivity contribution >= 4 is 17.3 Å². The summed E-state index contributed by atoms with van der Waals surface area (Å²) in [4.78, 5) is 11.3. The predicted octanol–water partition coefficient (Wildman–Crippen LogP) is 2.87. The monoisotopic (exact) mass is 299 g/mol. The molecule has 22 heavy (non-hydrogen) atoms. The molecule has 0 unspecified atom stereocenters. The van der Waals surface area contributed by atoms with Gasteiger partial charge in [0.15, 0.2) is 11.6 Å². The van der Waals surface area contributed by atoms with Gasteiger partial charge in [0.25, 0.3) is 0 Å². The Morgan fingerprint density at radius 1 is 1.32 bits per heavy atom. The molecular weight excluding hydrogens is 274 g/mol. The van der Waals surface area contributed by atoms with Gasteiger partial charge in [-0.25, -0.2) is 4.98 Å². The van der Waals surface area contributed by atoms with Crippen LogP contribution < -0.4 is 16.0 Å². The molecule has 0 atom stereocenters. The quantitative estimate of drug-likeness (QED) is 0.858. The first-order valence-electron chi connectivity index (χ1n) is 7.63. The number of rotatable bonds is 6. The second-order valence-corrected chi connectivity index (χ2v) is 5.73. The Morgan fingerprint density at radius 2 is 2.09 bits per heavy atom. The summed E-state index contributed by atoms with van der Waals surface area (Å²) in [5, 5.41) is 3.32. The number of nitrogens with two attached hydrogens (primary N) is 1. The molecule has 5 nitrogen and oxygen atoms in total. The van der Waals surface area contributed by atoms with Crippen LogP contribution in [0.4, 0.5) is 17.3 Å². The minimum atomic E-state index is 0.371. The molecule has 2 aromatic rings. The molecule has 118 valence electrons. The van der Waals surface area contributed by atoms with E-state index in [4.69, 9.17) is 10.7 Å². The van der Waals surface area contributed by atoms with Crippen LogP contribution in [0.2, 0.25) is 0 Å². The summed E-state index contributed by atoms with van der Waals surface area (Å²) in [6, 6.07) is 8.59. The van der Waals surface area contributed by atoms with Crippen molar-refractivity contribution < 1.29 is 0 Å². The molecule has 0 saturated carbocycles. The van der Waals surface area contributed by atoms with Gasteiger partial charge in [-0.05, 0) is 51.4 Å². The second kappa shape index (κ2) is 7.22. The number of hydrogen-bond donors (Lipinski definition) is 2. The highest BCUT2D eigenvalue weighted by atomic mass is 15.2. The van der Waals surface area contributed by atoms with E-state index in [2.05, 4.69) is 41.2 Å². The van der Waals surface area contributed by atoms with E-state index in [-0.39, 0.29) is 0 Å². The standard InChI is InChI=1S/C17H25N5/c1-12(2)22(4)17-13(3)19-11-16(21-17)20-15-7-5-6-14(10-15)8-9-18/h5-7,10-12H,8-9,18H2,1-4H3,(H,20,21). The van der Waals surface area contributed by atoms with Crippen molar-refractivity contribution in [3.63, 3.8) is 0 Å². The molecule has 2 rings (SSSR count). The zero-order valence-corrected chi connectivity index (χ0v) is 13.8. The third-order valence-electron chi connectivity index (χ3n) is 3.67. The number of hydrogen-bond acceptors (Lipinski definition) is 5. The van der Waals surface area contributed by atoms with Crippen LogP contribution in [-0.4, -0.2) is 29.6 Å². The van der Waals surface area contributed by atoms with Gasteiger partial charge in [0.05, 0.1) is 11.9 Å². The lowest BCUT2D eigenvalue weighted by Crippen LogP contribution is -2.27. The first kappa shape index (κ1) is 16.2. The molecule has 0 amide bonds. The van der Waals surface area contributed by atoms with Crippen molar-refractivity contribution in [1.82, 2.24) is 9.97 Å². The van der Waals surface area contributed by atoms with E-state index >= 15 is 0 Å². The van der Waals surface area contributed by atoms with Crippen LogP contribution in [-0.2, 0) is 6.42 Å². The van der Waals surface area contributed by atoms with Crippen molar-refractivity contribution in [1.29, 1.82) is 0 Å². The lowest BCUT2D eigenvalue weighted by Gasteiger charge is -2.24. The lowest BCUT2D eigenvalue weighted by atomic mass is 10.1. The number of nitrogens with one attached hydrogen (secondary N) is 1. The highest BCUT2D eigenvalue weighted by molar-refractivity contribution is 5.59. The van der Waals surface area contributed by atoms with Gasteiger partial charge in [-0.15, -0.1) is 0 Å². The Kier molecular flexibility index (Phi) is 5.33. The third-order valence-corrected chi connectivity index (χ3v) is 3.67. The van der Waals surface area contributed by atoms with Gasteiger partial charge in [-0.1, -0.05) is 12.1 Å². The average Bonchev–Trinajstić information content (AvgIpc) is 2.49. The van der Waals surface area contributed by atoms with Crippen LogP contribution in [0.5, 0.6) is 0 Å².